The molecule has 3 rings (SSSR count). The van der Waals surface area contributed by atoms with Gasteiger partial charge in [0, 0.05) is 17.2 Å². The Labute approximate surface area is 142 Å². The van der Waals surface area contributed by atoms with Crippen LogP contribution in [-0.4, -0.2) is 15.3 Å². The van der Waals surface area contributed by atoms with Crippen LogP contribution in [0.15, 0.2) is 65.7 Å². The molecule has 1 atom stereocenters. The molecule has 0 unspecified atom stereocenters. The Balaban J connectivity index is 1.90. The van der Waals surface area contributed by atoms with Gasteiger partial charge < -0.3 is 0 Å². The largest absolute Gasteiger partial charge is 0.292 e. The van der Waals surface area contributed by atoms with E-state index in [1.807, 2.05) is 0 Å². The number of nitrogens with zero attached hydrogens (tertiary/aromatic N) is 2. The zero-order valence-electron chi connectivity index (χ0n) is 13.3. The first-order chi connectivity index (χ1) is 12.0. The number of rotatable bonds is 4. The van der Waals surface area contributed by atoms with Gasteiger partial charge in [-0.25, -0.2) is 13.8 Å². The third-order valence-electron chi connectivity index (χ3n) is 3.90. The Kier molecular flexibility index (Phi) is 4.52. The molecular weight excluding hydrogens is 326 g/mol. The third-order valence-corrected chi connectivity index (χ3v) is 3.90. The highest BCUT2D eigenvalue weighted by Crippen LogP contribution is 2.17. The molecule has 0 aliphatic heterocycles. The van der Waals surface area contributed by atoms with Gasteiger partial charge in [0.15, 0.2) is 5.78 Å². The van der Waals surface area contributed by atoms with Gasteiger partial charge in [0.2, 0.25) is 0 Å². The minimum Gasteiger partial charge on any atom is -0.292 e. The van der Waals surface area contributed by atoms with Crippen molar-refractivity contribution in [3.05, 3.63) is 88.5 Å². The van der Waals surface area contributed by atoms with Gasteiger partial charge in [-0.1, -0.05) is 0 Å². The van der Waals surface area contributed by atoms with Crippen LogP contribution >= 0.6 is 0 Å². The highest BCUT2D eigenvalue weighted by Gasteiger charge is 2.18. The van der Waals surface area contributed by atoms with Crippen LogP contribution in [0.25, 0.3) is 11.3 Å². The number of aromatic nitrogens is 2. The second kappa shape index (κ2) is 6.76. The van der Waals surface area contributed by atoms with Crippen LogP contribution in [0.1, 0.15) is 23.3 Å². The van der Waals surface area contributed by atoms with E-state index in [9.17, 15) is 18.4 Å². The highest BCUT2D eigenvalue weighted by molar-refractivity contribution is 5.98. The normalized spacial score (nSPS) is 12.0. The second-order valence-electron chi connectivity index (χ2n) is 5.57. The molecule has 126 valence electrons. The van der Waals surface area contributed by atoms with Gasteiger partial charge in [-0.15, -0.1) is 0 Å². The standard InChI is InChI=1S/C19H14F2N2O2/c1-12(19(25)14-4-8-16(21)9-5-14)23-11-22-17(10-18(23)24)13-2-6-15(20)7-3-13/h2-12H,1H3/t12-/m0/s1. The average Bonchev–Trinajstić information content (AvgIpc) is 2.62. The lowest BCUT2D eigenvalue weighted by Crippen LogP contribution is -2.28. The summed E-state index contributed by atoms with van der Waals surface area (Å²) in [4.78, 5) is 29.0. The Hall–Kier alpha value is -3.15. The van der Waals surface area contributed by atoms with E-state index in [4.69, 9.17) is 0 Å². The van der Waals surface area contributed by atoms with Crippen molar-refractivity contribution in [3.63, 3.8) is 0 Å². The minimum atomic E-state index is -0.785. The predicted molar refractivity (Wildman–Crippen MR) is 89.3 cm³/mol. The summed E-state index contributed by atoms with van der Waals surface area (Å²) in [5.41, 5.74) is 0.895. The van der Waals surface area contributed by atoms with E-state index in [1.165, 1.54) is 65.5 Å². The molecule has 0 spiro atoms. The van der Waals surface area contributed by atoms with E-state index < -0.39 is 17.4 Å². The van der Waals surface area contributed by atoms with Crippen LogP contribution < -0.4 is 5.56 Å². The lowest BCUT2D eigenvalue weighted by molar-refractivity contribution is 0.0932. The van der Waals surface area contributed by atoms with E-state index >= 15 is 0 Å². The van der Waals surface area contributed by atoms with Gasteiger partial charge in [0.05, 0.1) is 18.1 Å². The monoisotopic (exact) mass is 340 g/mol. The van der Waals surface area contributed by atoms with Crippen molar-refractivity contribution >= 4 is 5.78 Å². The van der Waals surface area contributed by atoms with E-state index in [0.29, 0.717) is 16.8 Å². The quantitative estimate of drug-likeness (QED) is 0.682. The van der Waals surface area contributed by atoms with Crippen LogP contribution in [0.3, 0.4) is 0 Å². The number of halogens is 2. The third kappa shape index (κ3) is 3.52. The van der Waals surface area contributed by atoms with Gasteiger partial charge in [0.1, 0.15) is 11.6 Å². The molecule has 0 saturated carbocycles. The Bertz CT molecular complexity index is 964. The van der Waals surface area contributed by atoms with Crippen LogP contribution in [0, 0.1) is 11.6 Å². The van der Waals surface area contributed by atoms with Gasteiger partial charge in [-0.2, -0.15) is 0 Å². The lowest BCUT2D eigenvalue weighted by Gasteiger charge is -2.14. The van der Waals surface area contributed by atoms with Gasteiger partial charge >= 0.3 is 0 Å². The number of carbonyl (C=O) groups excluding carboxylic acids is 1. The first kappa shape index (κ1) is 16.7. The number of hydrogen-bond donors (Lipinski definition) is 0. The molecule has 4 nitrogen and oxygen atoms in total. The molecule has 0 aliphatic carbocycles. The number of ketones is 1. The van der Waals surface area contributed by atoms with Crippen LogP contribution in [0.4, 0.5) is 8.78 Å². The van der Waals surface area contributed by atoms with Crippen LogP contribution in [0.2, 0.25) is 0 Å². The van der Waals surface area contributed by atoms with Crippen LogP contribution in [-0.2, 0) is 0 Å². The SMILES string of the molecule is C[C@@H](C(=O)c1ccc(F)cc1)n1cnc(-c2ccc(F)cc2)cc1=O. The van der Waals surface area contributed by atoms with Crippen LogP contribution in [0.5, 0.6) is 0 Å². The molecule has 1 heterocycles. The maximum atomic E-state index is 13.0. The Morgan fingerprint density at radius 2 is 1.56 bits per heavy atom. The number of Topliss-reactive ketones (excluding diaryl/α,β-unsaturated/α-hetero) is 1. The van der Waals surface area contributed by atoms with Crippen molar-refractivity contribution in [1.82, 2.24) is 9.55 Å². The summed E-state index contributed by atoms with van der Waals surface area (Å²) < 4.78 is 27.2. The molecule has 0 amide bonds. The highest BCUT2D eigenvalue weighted by atomic mass is 19.1. The molecule has 0 fully saturated rings. The van der Waals surface area contributed by atoms with Crippen molar-refractivity contribution in [2.45, 2.75) is 13.0 Å². The summed E-state index contributed by atoms with van der Waals surface area (Å²) in [5.74, 6) is -1.14. The summed E-state index contributed by atoms with van der Waals surface area (Å²) in [7, 11) is 0. The maximum Gasteiger partial charge on any atom is 0.254 e. The molecule has 0 aliphatic rings. The van der Waals surface area contributed by atoms with E-state index in [2.05, 4.69) is 4.98 Å². The van der Waals surface area contributed by atoms with Crippen molar-refractivity contribution in [2.75, 3.05) is 0 Å². The first-order valence-electron chi connectivity index (χ1n) is 7.59. The first-order valence-corrected chi connectivity index (χ1v) is 7.59. The van der Waals surface area contributed by atoms with Gasteiger partial charge in [-0.05, 0) is 55.5 Å². The molecule has 2 aromatic carbocycles. The second-order valence-corrected chi connectivity index (χ2v) is 5.57. The molecule has 0 bridgehead atoms. The smallest absolute Gasteiger partial charge is 0.254 e. The predicted octanol–water partition coefficient (Wildman–Crippen LogP) is 3.63. The molecule has 0 saturated heterocycles. The summed E-state index contributed by atoms with van der Waals surface area (Å²) in [6.07, 6.45) is 1.28. The number of hydrogen-bond acceptors (Lipinski definition) is 3. The van der Waals surface area contributed by atoms with Crippen molar-refractivity contribution in [2.24, 2.45) is 0 Å². The fourth-order valence-electron chi connectivity index (χ4n) is 2.46. The molecule has 25 heavy (non-hydrogen) atoms. The zero-order chi connectivity index (χ0) is 18.0. The topological polar surface area (TPSA) is 52.0 Å². The summed E-state index contributed by atoms with van der Waals surface area (Å²) in [6.45, 7) is 1.58. The maximum absolute atomic E-state index is 13.0. The van der Waals surface area contributed by atoms with E-state index in [0.717, 1.165) is 0 Å². The van der Waals surface area contributed by atoms with Crippen molar-refractivity contribution in [3.8, 4) is 11.3 Å². The van der Waals surface area contributed by atoms with Crippen molar-refractivity contribution in [1.29, 1.82) is 0 Å². The summed E-state index contributed by atoms with van der Waals surface area (Å²) in [6, 6.07) is 11.3. The fraction of sp³-hybridized carbons (Fsp3) is 0.105. The lowest BCUT2D eigenvalue weighted by atomic mass is 10.1. The number of carbonyl (C=O) groups is 1. The molecule has 6 heteroatoms. The Morgan fingerprint density at radius 3 is 2.12 bits per heavy atom. The molecule has 0 radical (unpaired) electrons. The summed E-state index contributed by atoms with van der Waals surface area (Å²) in [5, 5.41) is 0. The summed E-state index contributed by atoms with van der Waals surface area (Å²) >= 11 is 0. The molecule has 3 aromatic rings. The number of benzene rings is 2. The molecule has 1 aromatic heterocycles. The molecule has 0 N–H and O–H groups in total. The minimum absolute atomic E-state index is 0.309. The molecular formula is C19H14F2N2O2. The fourth-order valence-corrected chi connectivity index (χ4v) is 2.46. The average molecular weight is 340 g/mol. The Morgan fingerprint density at radius 1 is 1.00 bits per heavy atom. The van der Waals surface area contributed by atoms with E-state index in [1.54, 1.807) is 6.92 Å². The zero-order valence-corrected chi connectivity index (χ0v) is 13.3. The van der Waals surface area contributed by atoms with Gasteiger partial charge in [0.25, 0.3) is 5.56 Å². The van der Waals surface area contributed by atoms with Gasteiger partial charge in [-0.3, -0.25) is 14.2 Å². The van der Waals surface area contributed by atoms with Crippen molar-refractivity contribution < 1.29 is 13.6 Å². The van der Waals surface area contributed by atoms with E-state index in [-0.39, 0.29) is 11.6 Å².